The van der Waals surface area contributed by atoms with Gasteiger partial charge in [-0.25, -0.2) is 4.39 Å². The van der Waals surface area contributed by atoms with Gasteiger partial charge < -0.3 is 15.8 Å². The SMILES string of the molecule is COc1ccc(CNC(=O)c2cc(Br)ccc2F)cc1N. The van der Waals surface area contributed by atoms with Gasteiger partial charge in [0, 0.05) is 11.0 Å². The average Bonchev–Trinajstić information content (AvgIpc) is 2.47. The van der Waals surface area contributed by atoms with Crippen molar-refractivity contribution in [1.29, 1.82) is 0 Å². The molecule has 110 valence electrons. The number of ether oxygens (including phenoxy) is 1. The zero-order valence-electron chi connectivity index (χ0n) is 11.3. The Kier molecular flexibility index (Phi) is 4.80. The molecular weight excluding hydrogens is 339 g/mol. The van der Waals surface area contributed by atoms with Crippen LogP contribution in [0.5, 0.6) is 5.75 Å². The number of benzene rings is 2. The van der Waals surface area contributed by atoms with Crippen molar-refractivity contribution < 1.29 is 13.9 Å². The monoisotopic (exact) mass is 352 g/mol. The number of carbonyl (C=O) groups is 1. The van der Waals surface area contributed by atoms with E-state index in [9.17, 15) is 9.18 Å². The van der Waals surface area contributed by atoms with Crippen molar-refractivity contribution in [3.63, 3.8) is 0 Å². The van der Waals surface area contributed by atoms with Gasteiger partial charge in [0.05, 0.1) is 18.4 Å². The van der Waals surface area contributed by atoms with Crippen LogP contribution in [-0.4, -0.2) is 13.0 Å². The third-order valence-corrected chi connectivity index (χ3v) is 3.41. The van der Waals surface area contributed by atoms with E-state index in [1.54, 1.807) is 18.2 Å². The predicted octanol–water partition coefficient (Wildman–Crippen LogP) is 3.11. The lowest BCUT2D eigenvalue weighted by atomic mass is 10.1. The van der Waals surface area contributed by atoms with E-state index in [0.717, 1.165) is 5.56 Å². The third-order valence-electron chi connectivity index (χ3n) is 2.92. The topological polar surface area (TPSA) is 64.3 Å². The first-order valence-electron chi connectivity index (χ1n) is 6.17. The van der Waals surface area contributed by atoms with Crippen LogP contribution < -0.4 is 15.8 Å². The van der Waals surface area contributed by atoms with E-state index in [2.05, 4.69) is 21.2 Å². The fourth-order valence-electron chi connectivity index (χ4n) is 1.84. The lowest BCUT2D eigenvalue weighted by Gasteiger charge is -2.09. The maximum Gasteiger partial charge on any atom is 0.254 e. The molecule has 1 amide bonds. The second kappa shape index (κ2) is 6.58. The molecule has 0 aliphatic carbocycles. The molecule has 2 aromatic rings. The summed E-state index contributed by atoms with van der Waals surface area (Å²) in [6.45, 7) is 0.249. The van der Waals surface area contributed by atoms with E-state index in [0.29, 0.717) is 15.9 Å². The minimum Gasteiger partial charge on any atom is -0.495 e. The van der Waals surface area contributed by atoms with Crippen molar-refractivity contribution >= 4 is 27.5 Å². The van der Waals surface area contributed by atoms with Gasteiger partial charge in [0.2, 0.25) is 0 Å². The van der Waals surface area contributed by atoms with Gasteiger partial charge in [0.15, 0.2) is 0 Å². The summed E-state index contributed by atoms with van der Waals surface area (Å²) >= 11 is 3.21. The molecule has 0 saturated carbocycles. The third kappa shape index (κ3) is 3.72. The van der Waals surface area contributed by atoms with Crippen LogP contribution in [0, 0.1) is 5.82 Å². The number of nitrogen functional groups attached to an aromatic ring is 1. The molecule has 0 atom stereocenters. The van der Waals surface area contributed by atoms with Crippen molar-refractivity contribution in [2.24, 2.45) is 0 Å². The zero-order chi connectivity index (χ0) is 15.4. The quantitative estimate of drug-likeness (QED) is 0.831. The number of halogens is 2. The van der Waals surface area contributed by atoms with Crippen LogP contribution in [0.1, 0.15) is 15.9 Å². The highest BCUT2D eigenvalue weighted by Gasteiger charge is 2.12. The van der Waals surface area contributed by atoms with Gasteiger partial charge in [-0.2, -0.15) is 0 Å². The van der Waals surface area contributed by atoms with Crippen molar-refractivity contribution in [1.82, 2.24) is 5.32 Å². The van der Waals surface area contributed by atoms with Crippen molar-refractivity contribution in [3.8, 4) is 5.75 Å². The normalized spacial score (nSPS) is 10.2. The summed E-state index contributed by atoms with van der Waals surface area (Å²) in [5.74, 6) is -0.476. The van der Waals surface area contributed by atoms with Gasteiger partial charge in [-0.3, -0.25) is 4.79 Å². The van der Waals surface area contributed by atoms with Crippen LogP contribution in [0.4, 0.5) is 10.1 Å². The number of methoxy groups -OCH3 is 1. The Morgan fingerprint density at radius 3 is 2.76 bits per heavy atom. The molecule has 2 rings (SSSR count). The van der Waals surface area contributed by atoms with Gasteiger partial charge in [-0.1, -0.05) is 22.0 Å². The van der Waals surface area contributed by atoms with E-state index in [1.807, 2.05) is 0 Å². The van der Waals surface area contributed by atoms with Crippen LogP contribution >= 0.6 is 15.9 Å². The average molecular weight is 353 g/mol. The summed E-state index contributed by atoms with van der Waals surface area (Å²) in [6.07, 6.45) is 0. The highest BCUT2D eigenvalue weighted by Crippen LogP contribution is 2.22. The largest absolute Gasteiger partial charge is 0.495 e. The van der Waals surface area contributed by atoms with Gasteiger partial charge in [0.25, 0.3) is 5.91 Å². The summed E-state index contributed by atoms with van der Waals surface area (Å²) in [5.41, 5.74) is 7.07. The summed E-state index contributed by atoms with van der Waals surface area (Å²) in [5, 5.41) is 2.65. The molecule has 6 heteroatoms. The minimum atomic E-state index is -0.565. The van der Waals surface area contributed by atoms with Crippen molar-refractivity contribution in [2.45, 2.75) is 6.54 Å². The Hall–Kier alpha value is -2.08. The first kappa shape index (κ1) is 15.3. The Morgan fingerprint density at radius 2 is 2.10 bits per heavy atom. The highest BCUT2D eigenvalue weighted by molar-refractivity contribution is 9.10. The second-order valence-corrected chi connectivity index (χ2v) is 5.30. The summed E-state index contributed by atoms with van der Waals surface area (Å²) < 4.78 is 19.3. The molecule has 0 radical (unpaired) electrons. The molecule has 0 saturated heterocycles. The Balaban J connectivity index is 2.07. The number of nitrogens with two attached hydrogens (primary N) is 1. The van der Waals surface area contributed by atoms with Crippen LogP contribution in [0.25, 0.3) is 0 Å². The summed E-state index contributed by atoms with van der Waals surface area (Å²) in [4.78, 5) is 12.0. The molecule has 0 aliphatic rings. The zero-order valence-corrected chi connectivity index (χ0v) is 12.9. The Labute approximate surface area is 130 Å². The van der Waals surface area contributed by atoms with E-state index in [1.165, 1.54) is 25.3 Å². The first-order chi connectivity index (χ1) is 10.0. The maximum atomic E-state index is 13.6. The van der Waals surface area contributed by atoms with Gasteiger partial charge in [0.1, 0.15) is 11.6 Å². The van der Waals surface area contributed by atoms with Crippen LogP contribution in [-0.2, 0) is 6.54 Å². The smallest absolute Gasteiger partial charge is 0.254 e. The second-order valence-electron chi connectivity index (χ2n) is 4.38. The Morgan fingerprint density at radius 1 is 1.33 bits per heavy atom. The molecule has 0 heterocycles. The maximum absolute atomic E-state index is 13.6. The number of hydrogen-bond acceptors (Lipinski definition) is 3. The molecule has 0 aromatic heterocycles. The van der Waals surface area contributed by atoms with Gasteiger partial charge in [-0.15, -0.1) is 0 Å². The van der Waals surface area contributed by atoms with Gasteiger partial charge in [-0.05, 0) is 35.9 Å². The number of anilines is 1. The molecule has 0 unspecified atom stereocenters. The molecule has 4 nitrogen and oxygen atoms in total. The number of rotatable bonds is 4. The van der Waals surface area contributed by atoms with E-state index in [4.69, 9.17) is 10.5 Å². The fourth-order valence-corrected chi connectivity index (χ4v) is 2.20. The van der Waals surface area contributed by atoms with Crippen LogP contribution in [0.2, 0.25) is 0 Å². The molecule has 21 heavy (non-hydrogen) atoms. The fraction of sp³-hybridized carbons (Fsp3) is 0.133. The first-order valence-corrected chi connectivity index (χ1v) is 6.96. The molecule has 2 aromatic carbocycles. The number of carbonyl (C=O) groups excluding carboxylic acids is 1. The predicted molar refractivity (Wildman–Crippen MR) is 82.7 cm³/mol. The standard InChI is InChI=1S/C15H14BrFN2O2/c1-21-14-5-2-9(6-13(14)18)8-19-15(20)11-7-10(16)3-4-12(11)17/h2-7H,8,18H2,1H3,(H,19,20). The van der Waals surface area contributed by atoms with Crippen LogP contribution in [0.15, 0.2) is 40.9 Å². The van der Waals surface area contributed by atoms with Crippen molar-refractivity contribution in [3.05, 3.63) is 57.8 Å². The van der Waals surface area contributed by atoms with E-state index >= 15 is 0 Å². The molecule has 0 bridgehead atoms. The molecule has 0 aliphatic heterocycles. The van der Waals surface area contributed by atoms with E-state index < -0.39 is 11.7 Å². The molecular formula is C15H14BrFN2O2. The molecule has 3 N–H and O–H groups in total. The highest BCUT2D eigenvalue weighted by atomic mass is 79.9. The van der Waals surface area contributed by atoms with Crippen molar-refractivity contribution in [2.75, 3.05) is 12.8 Å². The summed E-state index contributed by atoms with van der Waals surface area (Å²) in [6, 6.07) is 9.42. The minimum absolute atomic E-state index is 0.00846. The molecule has 0 spiro atoms. The Bertz CT molecular complexity index is 677. The van der Waals surface area contributed by atoms with Gasteiger partial charge >= 0.3 is 0 Å². The lowest BCUT2D eigenvalue weighted by molar-refractivity contribution is 0.0947. The summed E-state index contributed by atoms with van der Waals surface area (Å²) in [7, 11) is 1.53. The lowest BCUT2D eigenvalue weighted by Crippen LogP contribution is -2.23. The number of hydrogen-bond donors (Lipinski definition) is 2. The van der Waals surface area contributed by atoms with Crippen LogP contribution in [0.3, 0.4) is 0 Å². The van der Waals surface area contributed by atoms with E-state index in [-0.39, 0.29) is 12.1 Å². The molecule has 0 fully saturated rings. The number of nitrogens with one attached hydrogen (secondary N) is 1. The number of amides is 1.